The highest BCUT2D eigenvalue weighted by atomic mass is 35.5. The van der Waals surface area contributed by atoms with E-state index in [1.807, 2.05) is 6.92 Å². The summed E-state index contributed by atoms with van der Waals surface area (Å²) in [6.45, 7) is 1.89. The van der Waals surface area contributed by atoms with Crippen LogP contribution in [0.5, 0.6) is 5.75 Å². The molecule has 0 unspecified atom stereocenters. The van der Waals surface area contributed by atoms with Gasteiger partial charge in [-0.25, -0.2) is 4.98 Å². The molecule has 4 nitrogen and oxygen atoms in total. The first kappa shape index (κ1) is 11.9. The van der Waals surface area contributed by atoms with E-state index in [1.54, 1.807) is 6.20 Å². The van der Waals surface area contributed by atoms with Crippen molar-refractivity contribution in [3.05, 3.63) is 39.9 Å². The van der Waals surface area contributed by atoms with E-state index in [0.29, 0.717) is 10.2 Å². The number of phenols is 1. The van der Waals surface area contributed by atoms with Crippen molar-refractivity contribution in [2.75, 3.05) is 5.32 Å². The summed E-state index contributed by atoms with van der Waals surface area (Å²) in [6, 6.07) is 4.30. The average Bonchev–Trinajstić information content (AvgIpc) is 2.67. The summed E-state index contributed by atoms with van der Waals surface area (Å²) in [5.41, 5.74) is 0.130. The molecule has 0 bridgehead atoms. The molecule has 1 aromatic heterocycles. The second kappa shape index (κ2) is 4.73. The molecule has 0 aliphatic heterocycles. The van der Waals surface area contributed by atoms with Gasteiger partial charge in [-0.2, -0.15) is 0 Å². The van der Waals surface area contributed by atoms with Crippen LogP contribution < -0.4 is 5.32 Å². The molecule has 0 saturated heterocycles. The minimum absolute atomic E-state index is 0.111. The van der Waals surface area contributed by atoms with E-state index in [4.69, 9.17) is 11.6 Å². The number of thiazole rings is 1. The van der Waals surface area contributed by atoms with Crippen LogP contribution in [0.3, 0.4) is 0 Å². The van der Waals surface area contributed by atoms with Crippen LogP contribution in [0.4, 0.5) is 5.13 Å². The summed E-state index contributed by atoms with van der Waals surface area (Å²) >= 11 is 7.13. The molecule has 0 aliphatic carbocycles. The summed E-state index contributed by atoms with van der Waals surface area (Å²) in [5, 5.41) is 13.0. The number of hydrogen-bond acceptors (Lipinski definition) is 4. The van der Waals surface area contributed by atoms with E-state index < -0.39 is 5.91 Å². The second-order valence-electron chi connectivity index (χ2n) is 3.39. The van der Waals surface area contributed by atoms with Crippen molar-refractivity contribution >= 4 is 34.0 Å². The van der Waals surface area contributed by atoms with Crippen LogP contribution in [0.1, 0.15) is 15.2 Å². The number of aryl methyl sites for hydroxylation is 1. The molecule has 0 aliphatic rings. The Morgan fingerprint density at radius 2 is 2.29 bits per heavy atom. The number of rotatable bonds is 2. The topological polar surface area (TPSA) is 62.2 Å². The first-order valence-corrected chi connectivity index (χ1v) is 5.98. The smallest absolute Gasteiger partial charge is 0.261 e. The molecule has 2 rings (SSSR count). The van der Waals surface area contributed by atoms with Crippen LogP contribution >= 0.6 is 22.9 Å². The molecule has 0 spiro atoms. The number of carbonyl (C=O) groups excluding carboxylic acids is 1. The fraction of sp³-hybridized carbons (Fsp3) is 0.0909. The van der Waals surface area contributed by atoms with Crippen molar-refractivity contribution in [2.24, 2.45) is 0 Å². The predicted octanol–water partition coefficient (Wildman–Crippen LogP) is 3.06. The highest BCUT2D eigenvalue weighted by molar-refractivity contribution is 7.15. The molecule has 17 heavy (non-hydrogen) atoms. The van der Waals surface area contributed by atoms with Gasteiger partial charge in [0, 0.05) is 16.1 Å². The maximum Gasteiger partial charge on any atom is 0.261 e. The summed E-state index contributed by atoms with van der Waals surface area (Å²) in [5.74, 6) is -0.542. The SMILES string of the molecule is Cc1cnc(NC(=O)c2cc(Cl)ccc2O)s1. The second-order valence-corrected chi connectivity index (χ2v) is 5.06. The van der Waals surface area contributed by atoms with Crippen LogP contribution in [0.15, 0.2) is 24.4 Å². The number of phenolic OH excluding ortho intramolecular Hbond substituents is 1. The molecule has 0 fully saturated rings. The lowest BCUT2D eigenvalue weighted by Crippen LogP contribution is -2.11. The van der Waals surface area contributed by atoms with Gasteiger partial charge < -0.3 is 5.11 Å². The highest BCUT2D eigenvalue weighted by Gasteiger charge is 2.13. The number of benzene rings is 1. The standard InChI is InChI=1S/C11H9ClN2O2S/c1-6-5-13-11(17-6)14-10(16)8-4-7(12)2-3-9(8)15/h2-5,15H,1H3,(H,13,14,16). The first-order valence-electron chi connectivity index (χ1n) is 4.78. The molecule has 1 amide bonds. The fourth-order valence-electron chi connectivity index (χ4n) is 1.27. The van der Waals surface area contributed by atoms with Crippen LogP contribution in [-0.2, 0) is 0 Å². The third kappa shape index (κ3) is 2.75. The zero-order valence-corrected chi connectivity index (χ0v) is 10.5. The van der Waals surface area contributed by atoms with Gasteiger partial charge in [-0.1, -0.05) is 11.6 Å². The van der Waals surface area contributed by atoms with E-state index in [9.17, 15) is 9.90 Å². The summed E-state index contributed by atoms with van der Waals surface area (Å²) in [6.07, 6.45) is 1.66. The van der Waals surface area contributed by atoms with Gasteiger partial charge in [-0.3, -0.25) is 10.1 Å². The fourth-order valence-corrected chi connectivity index (χ4v) is 2.10. The Kier molecular flexibility index (Phi) is 3.31. The molecule has 0 atom stereocenters. The lowest BCUT2D eigenvalue weighted by atomic mass is 10.2. The van der Waals surface area contributed by atoms with Gasteiger partial charge >= 0.3 is 0 Å². The highest BCUT2D eigenvalue weighted by Crippen LogP contribution is 2.23. The van der Waals surface area contributed by atoms with E-state index in [1.165, 1.54) is 29.5 Å². The van der Waals surface area contributed by atoms with Gasteiger partial charge in [0.05, 0.1) is 5.56 Å². The molecule has 2 N–H and O–H groups in total. The Labute approximate surface area is 107 Å². The number of aromatic hydroxyl groups is 1. The maximum atomic E-state index is 11.8. The molecular weight excluding hydrogens is 260 g/mol. The van der Waals surface area contributed by atoms with Crippen LogP contribution in [0.25, 0.3) is 0 Å². The lowest BCUT2D eigenvalue weighted by molar-refractivity contribution is 0.102. The molecular formula is C11H9ClN2O2S. The van der Waals surface area contributed by atoms with Crippen molar-refractivity contribution in [1.29, 1.82) is 0 Å². The Morgan fingerprint density at radius 1 is 1.53 bits per heavy atom. The normalized spacial score (nSPS) is 10.2. The molecule has 1 heterocycles. The Bertz CT molecular complexity index is 568. The molecule has 0 saturated carbocycles. The van der Waals surface area contributed by atoms with Crippen LogP contribution in [0.2, 0.25) is 5.02 Å². The van der Waals surface area contributed by atoms with Crippen molar-refractivity contribution in [2.45, 2.75) is 6.92 Å². The largest absolute Gasteiger partial charge is 0.507 e. The number of aromatic nitrogens is 1. The molecule has 88 valence electrons. The summed E-state index contributed by atoms with van der Waals surface area (Å²) in [7, 11) is 0. The van der Waals surface area contributed by atoms with Gasteiger partial charge in [0.25, 0.3) is 5.91 Å². The third-order valence-corrected chi connectivity index (χ3v) is 3.11. The van der Waals surface area contributed by atoms with Crippen LogP contribution in [0, 0.1) is 6.92 Å². The summed E-state index contributed by atoms with van der Waals surface area (Å²) < 4.78 is 0. The van der Waals surface area contributed by atoms with E-state index in [2.05, 4.69) is 10.3 Å². The average molecular weight is 269 g/mol. The monoisotopic (exact) mass is 268 g/mol. The van der Waals surface area contributed by atoms with Crippen molar-refractivity contribution < 1.29 is 9.90 Å². The van der Waals surface area contributed by atoms with E-state index in [-0.39, 0.29) is 11.3 Å². The Morgan fingerprint density at radius 3 is 2.94 bits per heavy atom. The minimum atomic E-state index is -0.431. The van der Waals surface area contributed by atoms with Gasteiger partial charge in [0.1, 0.15) is 5.75 Å². The number of hydrogen-bond donors (Lipinski definition) is 2. The van der Waals surface area contributed by atoms with Gasteiger partial charge in [-0.05, 0) is 25.1 Å². The van der Waals surface area contributed by atoms with Crippen molar-refractivity contribution in [3.63, 3.8) is 0 Å². The first-order chi connectivity index (χ1) is 8.06. The molecule has 6 heteroatoms. The molecule has 2 aromatic rings. The number of anilines is 1. The minimum Gasteiger partial charge on any atom is -0.507 e. The third-order valence-electron chi connectivity index (χ3n) is 2.04. The lowest BCUT2D eigenvalue weighted by Gasteiger charge is -2.04. The Hall–Kier alpha value is -1.59. The van der Waals surface area contributed by atoms with Crippen LogP contribution in [-0.4, -0.2) is 16.0 Å². The van der Waals surface area contributed by atoms with E-state index >= 15 is 0 Å². The van der Waals surface area contributed by atoms with E-state index in [0.717, 1.165) is 4.88 Å². The molecule has 1 aromatic carbocycles. The number of nitrogens with zero attached hydrogens (tertiary/aromatic N) is 1. The summed E-state index contributed by atoms with van der Waals surface area (Å²) in [4.78, 5) is 16.8. The maximum absolute atomic E-state index is 11.8. The predicted molar refractivity (Wildman–Crippen MR) is 67.9 cm³/mol. The van der Waals surface area contributed by atoms with Gasteiger partial charge in [0.15, 0.2) is 5.13 Å². The number of halogens is 1. The number of carbonyl (C=O) groups is 1. The zero-order valence-electron chi connectivity index (χ0n) is 8.90. The van der Waals surface area contributed by atoms with Gasteiger partial charge in [0.2, 0.25) is 0 Å². The number of amides is 1. The van der Waals surface area contributed by atoms with Gasteiger partial charge in [-0.15, -0.1) is 11.3 Å². The zero-order chi connectivity index (χ0) is 12.4. The number of nitrogens with one attached hydrogen (secondary N) is 1. The van der Waals surface area contributed by atoms with Crippen molar-refractivity contribution in [1.82, 2.24) is 4.98 Å². The van der Waals surface area contributed by atoms with Crippen molar-refractivity contribution in [3.8, 4) is 5.75 Å². The quantitative estimate of drug-likeness (QED) is 0.880. The Balaban J connectivity index is 2.22. The molecule has 0 radical (unpaired) electrons.